The zero-order valence-corrected chi connectivity index (χ0v) is 12.3. The van der Waals surface area contributed by atoms with E-state index in [1.54, 1.807) is 42.1 Å². The summed E-state index contributed by atoms with van der Waals surface area (Å²) in [4.78, 5) is 27.7. The molecule has 0 saturated heterocycles. The van der Waals surface area contributed by atoms with Crippen LogP contribution in [0.2, 0.25) is 5.15 Å². The maximum absolute atomic E-state index is 12.0. The lowest BCUT2D eigenvalue weighted by molar-refractivity contribution is -0.123. The van der Waals surface area contributed by atoms with Crippen LogP contribution in [0, 0.1) is 0 Å². The molecule has 110 valence electrons. The van der Waals surface area contributed by atoms with Crippen LogP contribution in [0.25, 0.3) is 0 Å². The average molecular weight is 308 g/mol. The Morgan fingerprint density at radius 3 is 2.76 bits per heavy atom. The molecule has 0 unspecified atom stereocenters. The van der Waals surface area contributed by atoms with E-state index in [9.17, 15) is 9.59 Å². The number of amides is 1. The van der Waals surface area contributed by atoms with Crippen LogP contribution in [-0.2, 0) is 16.6 Å². The molecule has 1 N–H and O–H groups in total. The van der Waals surface area contributed by atoms with Crippen LogP contribution in [0.4, 0.5) is 5.69 Å². The third-order valence-electron chi connectivity index (χ3n) is 2.82. The molecule has 0 fully saturated rings. The molecule has 0 bridgehead atoms. The number of pyridine rings is 1. The van der Waals surface area contributed by atoms with Crippen LogP contribution < -0.4 is 5.32 Å². The first-order chi connectivity index (χ1) is 9.99. The Balaban J connectivity index is 1.99. The lowest BCUT2D eigenvalue weighted by Crippen LogP contribution is -2.30. The van der Waals surface area contributed by atoms with Crippen LogP contribution >= 0.6 is 11.6 Å². The van der Waals surface area contributed by atoms with Crippen LogP contribution in [0.1, 0.15) is 17.4 Å². The zero-order chi connectivity index (χ0) is 15.4. The number of halogens is 1. The molecule has 2 aromatic rings. The summed E-state index contributed by atoms with van der Waals surface area (Å²) in [5, 5.41) is 2.73. The van der Waals surface area contributed by atoms with Gasteiger partial charge >= 0.3 is 5.97 Å². The number of rotatable bonds is 4. The van der Waals surface area contributed by atoms with E-state index < -0.39 is 18.0 Å². The number of aryl methyl sites for hydroxylation is 1. The summed E-state index contributed by atoms with van der Waals surface area (Å²) in [7, 11) is 1.72. The molecule has 0 aliphatic heterocycles. The van der Waals surface area contributed by atoms with Gasteiger partial charge in [-0.15, -0.1) is 0 Å². The maximum Gasteiger partial charge on any atom is 0.355 e. The number of aromatic nitrogens is 2. The Kier molecular flexibility index (Phi) is 4.59. The minimum absolute atomic E-state index is 0.173. The number of hydrogen-bond donors (Lipinski definition) is 1. The molecule has 1 atom stereocenters. The van der Waals surface area contributed by atoms with Crippen molar-refractivity contribution in [2.24, 2.45) is 7.05 Å². The van der Waals surface area contributed by atoms with E-state index in [1.165, 1.54) is 13.1 Å². The lowest BCUT2D eigenvalue weighted by atomic mass is 10.3. The van der Waals surface area contributed by atoms with E-state index in [2.05, 4.69) is 10.3 Å². The number of nitrogens with zero attached hydrogens (tertiary/aromatic N) is 2. The minimum atomic E-state index is -0.955. The number of carbonyl (C=O) groups excluding carboxylic acids is 2. The molecule has 6 nitrogen and oxygen atoms in total. The maximum atomic E-state index is 12.0. The summed E-state index contributed by atoms with van der Waals surface area (Å²) in [5.74, 6) is -1.05. The van der Waals surface area contributed by atoms with Crippen molar-refractivity contribution < 1.29 is 14.3 Å². The van der Waals surface area contributed by atoms with Crippen molar-refractivity contribution in [3.05, 3.63) is 47.5 Å². The van der Waals surface area contributed by atoms with Crippen molar-refractivity contribution in [3.8, 4) is 0 Å². The predicted molar refractivity (Wildman–Crippen MR) is 78.2 cm³/mol. The largest absolute Gasteiger partial charge is 0.448 e. The third kappa shape index (κ3) is 3.61. The molecule has 21 heavy (non-hydrogen) atoms. The fourth-order valence-electron chi connectivity index (χ4n) is 1.66. The van der Waals surface area contributed by atoms with Gasteiger partial charge in [-0.1, -0.05) is 11.6 Å². The number of hydrogen-bond acceptors (Lipinski definition) is 4. The lowest BCUT2D eigenvalue weighted by Gasteiger charge is -2.14. The fourth-order valence-corrected chi connectivity index (χ4v) is 1.83. The van der Waals surface area contributed by atoms with Gasteiger partial charge < -0.3 is 14.6 Å². The van der Waals surface area contributed by atoms with E-state index in [0.29, 0.717) is 11.4 Å². The quantitative estimate of drug-likeness (QED) is 0.694. The van der Waals surface area contributed by atoms with Gasteiger partial charge in [0.15, 0.2) is 11.3 Å². The highest BCUT2D eigenvalue weighted by molar-refractivity contribution is 6.32. The molecule has 1 amide bonds. The van der Waals surface area contributed by atoms with Crippen LogP contribution in [0.3, 0.4) is 0 Å². The van der Waals surface area contributed by atoms with Crippen LogP contribution in [0.15, 0.2) is 36.7 Å². The average Bonchev–Trinajstić information content (AvgIpc) is 2.87. The third-order valence-corrected chi connectivity index (χ3v) is 3.12. The summed E-state index contributed by atoms with van der Waals surface area (Å²) in [6, 6.07) is 6.59. The number of ether oxygens (including phenoxy) is 1. The van der Waals surface area contributed by atoms with Crippen molar-refractivity contribution in [1.29, 1.82) is 0 Å². The first kappa shape index (κ1) is 15.1. The van der Waals surface area contributed by atoms with Gasteiger partial charge in [-0.3, -0.25) is 4.79 Å². The molecular weight excluding hydrogens is 294 g/mol. The number of esters is 1. The molecule has 0 aliphatic carbocycles. The molecule has 0 saturated carbocycles. The molecule has 0 spiro atoms. The second-order valence-corrected chi connectivity index (χ2v) is 4.74. The summed E-state index contributed by atoms with van der Waals surface area (Å²) in [6.45, 7) is 1.49. The van der Waals surface area contributed by atoms with Gasteiger partial charge in [0, 0.05) is 19.4 Å². The molecule has 7 heteroatoms. The first-order valence-corrected chi connectivity index (χ1v) is 6.60. The summed E-state index contributed by atoms with van der Waals surface area (Å²) in [6.07, 6.45) is 2.27. The van der Waals surface area contributed by atoms with Gasteiger partial charge in [0.25, 0.3) is 5.91 Å². The monoisotopic (exact) mass is 307 g/mol. The molecule has 2 aromatic heterocycles. The molecule has 0 radical (unpaired) electrons. The Bertz CT molecular complexity index is 669. The summed E-state index contributed by atoms with van der Waals surface area (Å²) in [5.41, 5.74) is 0.736. The molecule has 0 aromatic carbocycles. The summed E-state index contributed by atoms with van der Waals surface area (Å²) >= 11 is 5.84. The standard InChI is InChI=1S/C14H14ClN3O3/c1-9(21-14(20)11-6-4-8-18(11)2)13(19)17-10-5-3-7-16-12(10)15/h3-9H,1-2H3,(H,17,19)/t9-/m1/s1. The molecular formula is C14H14ClN3O3. The Labute approximate surface area is 126 Å². The highest BCUT2D eigenvalue weighted by Gasteiger charge is 2.21. The van der Waals surface area contributed by atoms with E-state index in [1.807, 2.05) is 0 Å². The van der Waals surface area contributed by atoms with Gasteiger partial charge in [0.05, 0.1) is 5.69 Å². The van der Waals surface area contributed by atoms with Crippen molar-refractivity contribution >= 4 is 29.2 Å². The smallest absolute Gasteiger partial charge is 0.355 e. The van der Waals surface area contributed by atoms with E-state index in [0.717, 1.165) is 0 Å². The molecule has 2 rings (SSSR count). The second kappa shape index (κ2) is 6.41. The zero-order valence-electron chi connectivity index (χ0n) is 11.5. The van der Waals surface area contributed by atoms with E-state index in [-0.39, 0.29) is 5.15 Å². The molecule has 0 aliphatic rings. The SMILES string of the molecule is C[C@@H](OC(=O)c1cccn1C)C(=O)Nc1cccnc1Cl. The van der Waals surface area contributed by atoms with Gasteiger partial charge in [-0.05, 0) is 31.2 Å². The minimum Gasteiger partial charge on any atom is -0.448 e. The van der Waals surface area contributed by atoms with E-state index in [4.69, 9.17) is 16.3 Å². The first-order valence-electron chi connectivity index (χ1n) is 6.22. The Morgan fingerprint density at radius 2 is 2.14 bits per heavy atom. The number of carbonyl (C=O) groups is 2. The number of anilines is 1. The highest BCUT2D eigenvalue weighted by Crippen LogP contribution is 2.18. The molecule has 2 heterocycles. The van der Waals surface area contributed by atoms with Crippen molar-refractivity contribution in [1.82, 2.24) is 9.55 Å². The van der Waals surface area contributed by atoms with Gasteiger partial charge in [-0.25, -0.2) is 9.78 Å². The van der Waals surface area contributed by atoms with Crippen LogP contribution in [0.5, 0.6) is 0 Å². The summed E-state index contributed by atoms with van der Waals surface area (Å²) < 4.78 is 6.73. The fraction of sp³-hybridized carbons (Fsp3) is 0.214. The van der Waals surface area contributed by atoms with Gasteiger partial charge in [0.1, 0.15) is 5.69 Å². The predicted octanol–water partition coefficient (Wildman–Crippen LogP) is 2.26. The Morgan fingerprint density at radius 1 is 1.38 bits per heavy atom. The van der Waals surface area contributed by atoms with Crippen LogP contribution in [-0.4, -0.2) is 27.5 Å². The van der Waals surface area contributed by atoms with Crippen molar-refractivity contribution in [3.63, 3.8) is 0 Å². The van der Waals surface area contributed by atoms with E-state index >= 15 is 0 Å². The Hall–Kier alpha value is -2.34. The van der Waals surface area contributed by atoms with Crippen molar-refractivity contribution in [2.45, 2.75) is 13.0 Å². The van der Waals surface area contributed by atoms with Crippen molar-refractivity contribution in [2.75, 3.05) is 5.32 Å². The topological polar surface area (TPSA) is 73.2 Å². The number of nitrogens with one attached hydrogen (secondary N) is 1. The van der Waals surface area contributed by atoms with Gasteiger partial charge in [0.2, 0.25) is 0 Å². The second-order valence-electron chi connectivity index (χ2n) is 4.38. The van der Waals surface area contributed by atoms with Gasteiger partial charge in [-0.2, -0.15) is 0 Å². The normalized spacial score (nSPS) is 11.8. The highest BCUT2D eigenvalue weighted by atomic mass is 35.5.